The Morgan fingerprint density at radius 3 is 2.63 bits per heavy atom. The molecule has 3 rings (SSSR count). The second-order valence-corrected chi connectivity index (χ2v) is 8.85. The third kappa shape index (κ3) is 4.18. The number of hydrogen-bond donors (Lipinski definition) is 0. The number of rotatable bonds is 7. The average Bonchev–Trinajstić information content (AvgIpc) is 3.15. The zero-order chi connectivity index (χ0) is 19.4. The summed E-state index contributed by atoms with van der Waals surface area (Å²) in [7, 11) is -2.40. The van der Waals surface area contributed by atoms with Gasteiger partial charge in [-0.15, -0.1) is 11.3 Å². The van der Waals surface area contributed by atoms with Crippen LogP contribution in [0.1, 0.15) is 28.8 Å². The average molecular weight is 405 g/mol. The molecule has 0 unspecified atom stereocenters. The number of esters is 1. The Bertz CT molecular complexity index is 1060. The number of fused-ring (bicyclic) bond motifs is 1. The van der Waals surface area contributed by atoms with Gasteiger partial charge in [0.2, 0.25) is 10.0 Å². The summed E-state index contributed by atoms with van der Waals surface area (Å²) < 4.78 is 32.4. The van der Waals surface area contributed by atoms with Crippen LogP contribution in [0.3, 0.4) is 0 Å². The van der Waals surface area contributed by atoms with Crippen molar-refractivity contribution in [3.05, 3.63) is 58.5 Å². The van der Waals surface area contributed by atoms with Gasteiger partial charge in [-0.05, 0) is 29.3 Å². The number of carbonyl (C=O) groups is 1. The molecule has 0 amide bonds. The lowest BCUT2D eigenvalue weighted by molar-refractivity contribution is 0.0594. The van der Waals surface area contributed by atoms with Crippen molar-refractivity contribution >= 4 is 38.1 Å². The number of methoxy groups -OCH3 is 1. The van der Waals surface area contributed by atoms with Crippen LogP contribution >= 0.6 is 11.3 Å². The number of ether oxygens (including phenoxy) is 1. The maximum absolute atomic E-state index is 13.2. The van der Waals surface area contributed by atoms with Crippen LogP contribution in [0.2, 0.25) is 0 Å². The Balaban J connectivity index is 1.91. The lowest BCUT2D eigenvalue weighted by Crippen LogP contribution is -2.31. The largest absolute Gasteiger partial charge is 0.464 e. The van der Waals surface area contributed by atoms with E-state index in [0.29, 0.717) is 18.0 Å². The molecule has 142 valence electrons. The van der Waals surface area contributed by atoms with E-state index in [-0.39, 0.29) is 17.1 Å². The first-order valence-corrected chi connectivity index (χ1v) is 10.8. The van der Waals surface area contributed by atoms with Crippen LogP contribution in [-0.4, -0.2) is 37.3 Å². The smallest absolute Gasteiger partial charge is 0.357 e. The van der Waals surface area contributed by atoms with Crippen LogP contribution in [0, 0.1) is 0 Å². The molecule has 1 aromatic heterocycles. The van der Waals surface area contributed by atoms with Gasteiger partial charge in [-0.25, -0.2) is 18.2 Å². The Kier molecular flexibility index (Phi) is 5.88. The van der Waals surface area contributed by atoms with E-state index in [0.717, 1.165) is 10.8 Å². The summed E-state index contributed by atoms with van der Waals surface area (Å²) in [5.74, 6) is -0.531. The fourth-order valence-electron chi connectivity index (χ4n) is 2.74. The first-order chi connectivity index (χ1) is 13.0. The summed E-state index contributed by atoms with van der Waals surface area (Å²) in [6.45, 7) is 2.40. The molecule has 0 radical (unpaired) electrons. The van der Waals surface area contributed by atoms with Gasteiger partial charge in [-0.2, -0.15) is 4.31 Å². The van der Waals surface area contributed by atoms with Crippen molar-refractivity contribution in [1.82, 2.24) is 9.29 Å². The van der Waals surface area contributed by atoms with E-state index in [9.17, 15) is 13.2 Å². The molecule has 0 bridgehead atoms. The summed E-state index contributed by atoms with van der Waals surface area (Å²) in [6, 6.07) is 12.8. The third-order valence-electron chi connectivity index (χ3n) is 4.09. The summed E-state index contributed by atoms with van der Waals surface area (Å²) in [6.07, 6.45) is 0.669. The third-order valence-corrected chi connectivity index (χ3v) is 6.76. The van der Waals surface area contributed by atoms with Gasteiger partial charge in [0, 0.05) is 11.9 Å². The van der Waals surface area contributed by atoms with Crippen LogP contribution in [0.15, 0.2) is 52.7 Å². The normalized spacial score (nSPS) is 11.8. The Morgan fingerprint density at radius 1 is 1.19 bits per heavy atom. The molecule has 0 N–H and O–H groups in total. The molecule has 3 aromatic rings. The molecule has 27 heavy (non-hydrogen) atoms. The van der Waals surface area contributed by atoms with E-state index in [1.165, 1.54) is 22.8 Å². The second-order valence-electron chi connectivity index (χ2n) is 5.97. The van der Waals surface area contributed by atoms with Crippen molar-refractivity contribution in [2.45, 2.75) is 24.8 Å². The molecule has 0 saturated carbocycles. The second kappa shape index (κ2) is 8.16. The van der Waals surface area contributed by atoms with E-state index in [2.05, 4.69) is 9.72 Å². The highest BCUT2D eigenvalue weighted by molar-refractivity contribution is 7.89. The van der Waals surface area contributed by atoms with Gasteiger partial charge in [0.05, 0.1) is 18.6 Å². The number of hydrogen-bond acceptors (Lipinski definition) is 6. The number of benzene rings is 2. The monoisotopic (exact) mass is 404 g/mol. The van der Waals surface area contributed by atoms with Crippen LogP contribution < -0.4 is 0 Å². The standard InChI is InChI=1S/C19H20N2O4S2/c1-3-10-21(12-18-20-17(13-26-18)19(22)25-2)27(23,24)16-9-8-14-6-4-5-7-15(14)11-16/h4-9,11,13H,3,10,12H2,1-2H3. The van der Waals surface area contributed by atoms with Crippen molar-refractivity contribution in [1.29, 1.82) is 0 Å². The number of sulfonamides is 1. The minimum absolute atomic E-state index is 0.116. The van der Waals surface area contributed by atoms with Crippen LogP contribution in [0.4, 0.5) is 0 Å². The zero-order valence-electron chi connectivity index (χ0n) is 15.1. The van der Waals surface area contributed by atoms with E-state index < -0.39 is 16.0 Å². The van der Waals surface area contributed by atoms with Gasteiger partial charge >= 0.3 is 5.97 Å². The topological polar surface area (TPSA) is 76.6 Å². The SMILES string of the molecule is CCCN(Cc1nc(C(=O)OC)cs1)S(=O)(=O)c1ccc2ccccc2c1. The van der Waals surface area contributed by atoms with Gasteiger partial charge in [-0.3, -0.25) is 0 Å². The molecule has 0 aliphatic rings. The van der Waals surface area contributed by atoms with Gasteiger partial charge < -0.3 is 4.74 Å². The fraction of sp³-hybridized carbons (Fsp3) is 0.263. The molecular weight excluding hydrogens is 384 g/mol. The quantitative estimate of drug-likeness (QED) is 0.562. The van der Waals surface area contributed by atoms with Crippen molar-refractivity contribution in [2.24, 2.45) is 0 Å². The number of aromatic nitrogens is 1. The number of nitrogens with zero attached hydrogens (tertiary/aromatic N) is 2. The molecule has 1 heterocycles. The summed E-state index contributed by atoms with van der Waals surface area (Å²) in [4.78, 5) is 16.0. The van der Waals surface area contributed by atoms with Crippen LogP contribution in [0.25, 0.3) is 10.8 Å². The fourth-order valence-corrected chi connectivity index (χ4v) is 5.13. The van der Waals surface area contributed by atoms with E-state index >= 15 is 0 Å². The molecule has 0 aliphatic carbocycles. The zero-order valence-corrected chi connectivity index (χ0v) is 16.7. The van der Waals surface area contributed by atoms with Crippen molar-refractivity contribution in [3.8, 4) is 0 Å². The molecule has 6 nitrogen and oxygen atoms in total. The molecule has 0 spiro atoms. The van der Waals surface area contributed by atoms with Crippen molar-refractivity contribution < 1.29 is 17.9 Å². The first-order valence-electron chi connectivity index (χ1n) is 8.47. The number of carbonyl (C=O) groups excluding carboxylic acids is 1. The maximum Gasteiger partial charge on any atom is 0.357 e. The van der Waals surface area contributed by atoms with E-state index in [1.54, 1.807) is 17.5 Å². The van der Waals surface area contributed by atoms with Crippen LogP contribution in [0.5, 0.6) is 0 Å². The molecule has 2 aromatic carbocycles. The van der Waals surface area contributed by atoms with E-state index in [4.69, 9.17) is 0 Å². The molecule has 0 fully saturated rings. The molecule has 0 aliphatic heterocycles. The van der Waals surface area contributed by atoms with E-state index in [1.807, 2.05) is 37.3 Å². The Morgan fingerprint density at radius 2 is 1.93 bits per heavy atom. The highest BCUT2D eigenvalue weighted by Gasteiger charge is 2.25. The van der Waals surface area contributed by atoms with Gasteiger partial charge in [0.25, 0.3) is 0 Å². The molecule has 0 saturated heterocycles. The highest BCUT2D eigenvalue weighted by Crippen LogP contribution is 2.24. The maximum atomic E-state index is 13.2. The minimum atomic E-state index is -3.69. The van der Waals surface area contributed by atoms with Gasteiger partial charge in [0.1, 0.15) is 5.01 Å². The predicted octanol–water partition coefficient (Wildman–Crippen LogP) is 3.68. The van der Waals surface area contributed by atoms with Crippen molar-refractivity contribution in [2.75, 3.05) is 13.7 Å². The van der Waals surface area contributed by atoms with Gasteiger partial charge in [-0.1, -0.05) is 37.3 Å². The minimum Gasteiger partial charge on any atom is -0.464 e. The summed E-state index contributed by atoms with van der Waals surface area (Å²) in [5, 5.41) is 3.99. The Hall–Kier alpha value is -2.29. The first kappa shape index (κ1) is 19.5. The summed E-state index contributed by atoms with van der Waals surface area (Å²) in [5.41, 5.74) is 0.192. The summed E-state index contributed by atoms with van der Waals surface area (Å²) >= 11 is 1.24. The lowest BCUT2D eigenvalue weighted by atomic mass is 10.1. The highest BCUT2D eigenvalue weighted by atomic mass is 32.2. The molecule has 8 heteroatoms. The predicted molar refractivity (Wildman–Crippen MR) is 105 cm³/mol. The van der Waals surface area contributed by atoms with Crippen molar-refractivity contribution in [3.63, 3.8) is 0 Å². The molecule has 0 atom stereocenters. The lowest BCUT2D eigenvalue weighted by Gasteiger charge is -2.21. The van der Waals surface area contributed by atoms with Gasteiger partial charge in [0.15, 0.2) is 5.69 Å². The van der Waals surface area contributed by atoms with Crippen LogP contribution in [-0.2, 0) is 21.3 Å². The number of thiazole rings is 1. The Labute approximate surface area is 162 Å². The molecular formula is C19H20N2O4S2.